The van der Waals surface area contributed by atoms with Gasteiger partial charge in [0.15, 0.2) is 0 Å². The van der Waals surface area contributed by atoms with Crippen molar-refractivity contribution < 1.29 is 4.74 Å². The van der Waals surface area contributed by atoms with Gasteiger partial charge in [0.25, 0.3) is 0 Å². The maximum absolute atomic E-state index is 5.13. The van der Waals surface area contributed by atoms with Crippen LogP contribution in [0.25, 0.3) is 0 Å². The van der Waals surface area contributed by atoms with Gasteiger partial charge in [-0.05, 0) is 0 Å². The molecule has 0 aromatic rings. The maximum Gasteiger partial charge on any atom is 0.0589 e. The van der Waals surface area contributed by atoms with Gasteiger partial charge < -0.3 is 10.5 Å². The van der Waals surface area contributed by atoms with E-state index in [1.54, 1.807) is 0 Å². The highest BCUT2D eigenvalue weighted by molar-refractivity contribution is 9.09. The second-order valence-corrected chi connectivity index (χ2v) is 1.88. The van der Waals surface area contributed by atoms with Crippen LogP contribution in [-0.4, -0.2) is 25.1 Å². The van der Waals surface area contributed by atoms with Gasteiger partial charge in [-0.2, -0.15) is 0 Å². The average molecular weight is 249 g/mol. The number of ether oxygens (including phenoxy) is 1. The van der Waals surface area contributed by atoms with Crippen molar-refractivity contribution >= 4 is 32.9 Å². The van der Waals surface area contributed by atoms with Gasteiger partial charge in [-0.1, -0.05) is 15.9 Å². The van der Waals surface area contributed by atoms with Crippen LogP contribution in [0.5, 0.6) is 0 Å². The molecular weight excluding hydrogens is 238 g/mol. The molecule has 0 fully saturated rings. The third-order valence-electron chi connectivity index (χ3n) is 0.484. The van der Waals surface area contributed by atoms with E-state index in [9.17, 15) is 0 Å². The molecule has 0 spiro atoms. The molecule has 0 aliphatic carbocycles. The Kier molecular flexibility index (Phi) is 15.7. The molecule has 0 saturated carbocycles. The zero-order valence-electron chi connectivity index (χ0n) is 4.60. The molecule has 0 aromatic carbocycles. The van der Waals surface area contributed by atoms with Crippen LogP contribution < -0.4 is 5.73 Å². The smallest absolute Gasteiger partial charge is 0.0589 e. The highest BCUT2D eigenvalue weighted by Crippen LogP contribution is 1.78. The van der Waals surface area contributed by atoms with Gasteiger partial charge >= 0.3 is 0 Å². The Balaban J connectivity index is 0. The fraction of sp³-hybridized carbons (Fsp3) is 1.00. The van der Waals surface area contributed by atoms with E-state index in [2.05, 4.69) is 15.9 Å². The molecule has 2 N–H and O–H groups in total. The topological polar surface area (TPSA) is 35.2 Å². The number of alkyl halides is 1. The Morgan fingerprint density at radius 3 is 2.38 bits per heavy atom. The van der Waals surface area contributed by atoms with E-state index in [4.69, 9.17) is 10.5 Å². The molecule has 0 aliphatic heterocycles. The Morgan fingerprint density at radius 1 is 1.38 bits per heavy atom. The van der Waals surface area contributed by atoms with E-state index in [-0.39, 0.29) is 17.0 Å². The largest absolute Gasteiger partial charge is 0.379 e. The molecule has 8 heavy (non-hydrogen) atoms. The van der Waals surface area contributed by atoms with E-state index >= 15 is 0 Å². The van der Waals surface area contributed by atoms with Gasteiger partial charge in [-0.3, -0.25) is 0 Å². The summed E-state index contributed by atoms with van der Waals surface area (Å²) in [6.07, 6.45) is 0. The summed E-state index contributed by atoms with van der Waals surface area (Å²) in [5.41, 5.74) is 5.13. The summed E-state index contributed by atoms with van der Waals surface area (Å²) in [5.74, 6) is 0. The third kappa shape index (κ3) is 9.99. The fourth-order valence-corrected chi connectivity index (χ4v) is 0.469. The van der Waals surface area contributed by atoms with Crippen LogP contribution >= 0.6 is 32.9 Å². The van der Waals surface area contributed by atoms with Gasteiger partial charge in [-0.25, -0.2) is 0 Å². The summed E-state index contributed by atoms with van der Waals surface area (Å²) in [4.78, 5) is 0. The molecule has 0 saturated heterocycles. The zero-order valence-corrected chi connectivity index (χ0v) is 7.90. The third-order valence-corrected chi connectivity index (χ3v) is 0.807. The number of hydrogen-bond donors (Lipinski definition) is 1. The van der Waals surface area contributed by atoms with Crippen molar-refractivity contribution in [1.82, 2.24) is 0 Å². The minimum absolute atomic E-state index is 0. The van der Waals surface area contributed by atoms with Crippen LogP contribution in [0.4, 0.5) is 0 Å². The number of hydrogen-bond acceptors (Lipinski definition) is 2. The molecule has 0 atom stereocenters. The van der Waals surface area contributed by atoms with Crippen LogP contribution in [0.3, 0.4) is 0 Å². The van der Waals surface area contributed by atoms with Crippen molar-refractivity contribution in [2.24, 2.45) is 5.73 Å². The Hall–Kier alpha value is 0.880. The van der Waals surface area contributed by atoms with Crippen molar-refractivity contribution in [3.05, 3.63) is 0 Å². The van der Waals surface area contributed by atoms with Gasteiger partial charge in [0.05, 0.1) is 13.2 Å². The molecule has 4 heteroatoms. The number of halogens is 2. The van der Waals surface area contributed by atoms with E-state index < -0.39 is 0 Å². The van der Waals surface area contributed by atoms with E-state index in [1.807, 2.05) is 0 Å². The van der Waals surface area contributed by atoms with Crippen molar-refractivity contribution in [3.63, 3.8) is 0 Å². The summed E-state index contributed by atoms with van der Waals surface area (Å²) in [6.45, 7) is 2.05. The van der Waals surface area contributed by atoms with E-state index in [0.29, 0.717) is 13.2 Å². The highest BCUT2D eigenvalue weighted by atomic mass is 79.9. The molecule has 0 aromatic heterocycles. The second kappa shape index (κ2) is 10.8. The Bertz CT molecular complexity index is 33.2. The first-order chi connectivity index (χ1) is 3.41. The first-order valence-corrected chi connectivity index (χ1v) is 3.37. The minimum Gasteiger partial charge on any atom is -0.379 e. The zero-order chi connectivity index (χ0) is 5.54. The maximum atomic E-state index is 5.13. The first kappa shape index (κ1) is 11.6. The molecule has 0 radical (unpaired) electrons. The molecule has 0 bridgehead atoms. The molecule has 0 heterocycles. The van der Waals surface area contributed by atoms with E-state index in [0.717, 1.165) is 11.9 Å². The second-order valence-electron chi connectivity index (χ2n) is 1.09. The standard InChI is InChI=1S/C4H10BrNO.BrH/c5-1-3-7-4-2-6;/h1-4,6H2;1H. The van der Waals surface area contributed by atoms with Crippen molar-refractivity contribution in [2.45, 2.75) is 0 Å². The van der Waals surface area contributed by atoms with Gasteiger partial charge in [0.2, 0.25) is 0 Å². The molecule has 2 nitrogen and oxygen atoms in total. The van der Waals surface area contributed by atoms with Crippen molar-refractivity contribution in [2.75, 3.05) is 25.1 Å². The van der Waals surface area contributed by atoms with Gasteiger partial charge in [0.1, 0.15) is 0 Å². The lowest BCUT2D eigenvalue weighted by Crippen LogP contribution is -2.09. The molecule has 52 valence electrons. The fourth-order valence-electron chi connectivity index (χ4n) is 0.240. The molecule has 0 amide bonds. The Labute approximate surface area is 68.7 Å². The first-order valence-electron chi connectivity index (χ1n) is 2.25. The molecule has 0 aliphatic rings. The Morgan fingerprint density at radius 2 is 2.00 bits per heavy atom. The lowest BCUT2D eigenvalue weighted by atomic mass is 10.7. The SMILES string of the molecule is Br.NCCOCCBr. The summed E-state index contributed by atoms with van der Waals surface area (Å²) in [5, 5.41) is 0.896. The normalized spacial score (nSPS) is 8.25. The summed E-state index contributed by atoms with van der Waals surface area (Å²) < 4.78 is 4.96. The van der Waals surface area contributed by atoms with Crippen molar-refractivity contribution in [3.8, 4) is 0 Å². The van der Waals surface area contributed by atoms with Crippen LogP contribution in [0.15, 0.2) is 0 Å². The number of rotatable bonds is 4. The average Bonchev–Trinajstić information content (AvgIpc) is 1.69. The molecule has 0 rings (SSSR count). The van der Waals surface area contributed by atoms with Crippen LogP contribution in [0.2, 0.25) is 0 Å². The van der Waals surface area contributed by atoms with Gasteiger partial charge in [-0.15, -0.1) is 17.0 Å². The summed E-state index contributed by atoms with van der Waals surface area (Å²) in [6, 6.07) is 0. The predicted molar refractivity (Wildman–Crippen MR) is 44.0 cm³/mol. The predicted octanol–water partition coefficient (Wildman–Crippen LogP) is 0.935. The monoisotopic (exact) mass is 247 g/mol. The molecular formula is C4H11Br2NO. The van der Waals surface area contributed by atoms with Crippen molar-refractivity contribution in [1.29, 1.82) is 0 Å². The molecule has 0 unspecified atom stereocenters. The van der Waals surface area contributed by atoms with Gasteiger partial charge in [0, 0.05) is 11.9 Å². The summed E-state index contributed by atoms with van der Waals surface area (Å²) in [7, 11) is 0. The lowest BCUT2D eigenvalue weighted by molar-refractivity contribution is 0.158. The summed E-state index contributed by atoms with van der Waals surface area (Å²) >= 11 is 3.21. The highest BCUT2D eigenvalue weighted by Gasteiger charge is 1.78. The minimum atomic E-state index is 0. The number of nitrogens with two attached hydrogens (primary N) is 1. The van der Waals surface area contributed by atoms with Crippen LogP contribution in [0, 0.1) is 0 Å². The van der Waals surface area contributed by atoms with Crippen LogP contribution in [0.1, 0.15) is 0 Å². The van der Waals surface area contributed by atoms with E-state index in [1.165, 1.54) is 0 Å². The quantitative estimate of drug-likeness (QED) is 0.594. The lowest BCUT2D eigenvalue weighted by Gasteiger charge is -1.94. The van der Waals surface area contributed by atoms with Crippen LogP contribution in [-0.2, 0) is 4.74 Å².